The van der Waals surface area contributed by atoms with E-state index in [9.17, 15) is 4.79 Å². The first-order valence-electron chi connectivity index (χ1n) is 5.07. The molecule has 1 aromatic rings. The number of carboxylic acid groups (broad SMARTS) is 1. The van der Waals surface area contributed by atoms with Gasteiger partial charge < -0.3 is 16.2 Å². The Morgan fingerprint density at radius 1 is 1.44 bits per heavy atom. The monoisotopic (exact) mass is 240 g/mol. The number of thioether (sulfide) groups is 1. The van der Waals surface area contributed by atoms with E-state index in [4.69, 9.17) is 10.8 Å². The molecule has 0 amide bonds. The van der Waals surface area contributed by atoms with Crippen LogP contribution in [-0.2, 0) is 4.79 Å². The second-order valence-electron chi connectivity index (χ2n) is 3.31. The van der Waals surface area contributed by atoms with Gasteiger partial charge in [-0.1, -0.05) is 18.2 Å². The number of carbonyl (C=O) groups is 1. The second kappa shape index (κ2) is 7.27. The first-order chi connectivity index (χ1) is 7.70. The van der Waals surface area contributed by atoms with E-state index in [1.54, 1.807) is 11.8 Å². The van der Waals surface area contributed by atoms with Crippen molar-refractivity contribution in [1.29, 1.82) is 0 Å². The summed E-state index contributed by atoms with van der Waals surface area (Å²) in [5, 5.41) is 11.6. The molecule has 4 nitrogen and oxygen atoms in total. The molecule has 0 saturated carbocycles. The number of carboxylic acids is 1. The fourth-order valence-electron chi connectivity index (χ4n) is 1.10. The van der Waals surface area contributed by atoms with Gasteiger partial charge in [0.25, 0.3) is 0 Å². The minimum absolute atomic E-state index is 0.310. The summed E-state index contributed by atoms with van der Waals surface area (Å²) in [5.74, 6) is -0.0701. The van der Waals surface area contributed by atoms with E-state index in [-0.39, 0.29) is 0 Å². The summed E-state index contributed by atoms with van der Waals surface area (Å²) >= 11 is 1.73. The Labute approximate surface area is 99.2 Å². The Bertz CT molecular complexity index is 319. The van der Waals surface area contributed by atoms with E-state index >= 15 is 0 Å². The molecule has 16 heavy (non-hydrogen) atoms. The van der Waals surface area contributed by atoms with Gasteiger partial charge in [0.2, 0.25) is 0 Å². The topological polar surface area (TPSA) is 75.3 Å². The summed E-state index contributed by atoms with van der Waals surface area (Å²) in [5.41, 5.74) is 5.34. The van der Waals surface area contributed by atoms with Crippen LogP contribution >= 0.6 is 11.8 Å². The summed E-state index contributed by atoms with van der Waals surface area (Å²) < 4.78 is 0. The predicted molar refractivity (Wildman–Crippen MR) is 65.6 cm³/mol. The minimum atomic E-state index is -0.969. The van der Waals surface area contributed by atoms with Gasteiger partial charge in [0, 0.05) is 23.7 Å². The zero-order chi connectivity index (χ0) is 11.8. The molecule has 0 bridgehead atoms. The molecule has 1 aromatic carbocycles. The molecule has 0 heterocycles. The molecule has 1 atom stereocenters. The maximum Gasteiger partial charge on any atom is 0.321 e. The van der Waals surface area contributed by atoms with Gasteiger partial charge in [0.1, 0.15) is 6.04 Å². The van der Waals surface area contributed by atoms with Crippen molar-refractivity contribution in [3.8, 4) is 0 Å². The molecule has 0 aliphatic heterocycles. The highest BCUT2D eigenvalue weighted by atomic mass is 32.2. The number of nitrogens with one attached hydrogen (secondary N) is 1. The van der Waals surface area contributed by atoms with Crippen LogP contribution in [0.4, 0.5) is 0 Å². The van der Waals surface area contributed by atoms with E-state index in [0.29, 0.717) is 6.54 Å². The van der Waals surface area contributed by atoms with Gasteiger partial charge in [-0.25, -0.2) is 0 Å². The third kappa shape index (κ3) is 5.16. The first-order valence-corrected chi connectivity index (χ1v) is 6.05. The van der Waals surface area contributed by atoms with Crippen LogP contribution in [0, 0.1) is 0 Å². The normalized spacial score (nSPS) is 12.3. The van der Waals surface area contributed by atoms with Crippen molar-refractivity contribution in [2.24, 2.45) is 5.73 Å². The van der Waals surface area contributed by atoms with Crippen LogP contribution in [0.3, 0.4) is 0 Å². The van der Waals surface area contributed by atoms with Crippen LogP contribution in [0.5, 0.6) is 0 Å². The van der Waals surface area contributed by atoms with Gasteiger partial charge in [0.15, 0.2) is 0 Å². The Hall–Kier alpha value is -1.04. The molecule has 1 rings (SSSR count). The highest BCUT2D eigenvalue weighted by Gasteiger charge is 2.09. The van der Waals surface area contributed by atoms with E-state index < -0.39 is 12.0 Å². The highest BCUT2D eigenvalue weighted by molar-refractivity contribution is 7.99. The molecule has 1 unspecified atom stereocenters. The van der Waals surface area contributed by atoms with E-state index in [0.717, 1.165) is 12.3 Å². The van der Waals surface area contributed by atoms with Crippen LogP contribution in [-0.4, -0.2) is 36.0 Å². The molecule has 5 heteroatoms. The highest BCUT2D eigenvalue weighted by Crippen LogP contribution is 2.15. The SMILES string of the molecule is NC(CNCCSc1ccccc1)C(=O)O. The number of hydrogen-bond donors (Lipinski definition) is 3. The van der Waals surface area contributed by atoms with Crippen LogP contribution < -0.4 is 11.1 Å². The van der Waals surface area contributed by atoms with Gasteiger partial charge in [-0.05, 0) is 12.1 Å². The average molecular weight is 240 g/mol. The summed E-state index contributed by atoms with van der Waals surface area (Å²) in [6.07, 6.45) is 0. The maximum atomic E-state index is 10.4. The van der Waals surface area contributed by atoms with Crippen molar-refractivity contribution in [3.63, 3.8) is 0 Å². The third-order valence-corrected chi connectivity index (χ3v) is 2.99. The van der Waals surface area contributed by atoms with E-state index in [1.807, 2.05) is 30.3 Å². The summed E-state index contributed by atoms with van der Waals surface area (Å²) in [7, 11) is 0. The number of hydrogen-bond acceptors (Lipinski definition) is 4. The molecule has 0 fully saturated rings. The lowest BCUT2D eigenvalue weighted by Crippen LogP contribution is -2.40. The molecule has 0 radical (unpaired) electrons. The summed E-state index contributed by atoms with van der Waals surface area (Å²) in [6, 6.07) is 9.25. The van der Waals surface area contributed by atoms with Crippen molar-refractivity contribution < 1.29 is 9.90 Å². The van der Waals surface area contributed by atoms with Gasteiger partial charge in [0.05, 0.1) is 0 Å². The molecule has 0 saturated heterocycles. The van der Waals surface area contributed by atoms with Crippen molar-refractivity contribution >= 4 is 17.7 Å². The summed E-state index contributed by atoms with van der Waals surface area (Å²) in [6.45, 7) is 1.06. The molecule has 88 valence electrons. The molecular weight excluding hydrogens is 224 g/mol. The number of aliphatic carboxylic acids is 1. The lowest BCUT2D eigenvalue weighted by Gasteiger charge is -2.07. The Balaban J connectivity index is 2.07. The minimum Gasteiger partial charge on any atom is -0.480 e. The van der Waals surface area contributed by atoms with Crippen LogP contribution in [0.15, 0.2) is 35.2 Å². The van der Waals surface area contributed by atoms with Crippen molar-refractivity contribution in [1.82, 2.24) is 5.32 Å². The maximum absolute atomic E-state index is 10.4. The Morgan fingerprint density at radius 2 is 2.12 bits per heavy atom. The lowest BCUT2D eigenvalue weighted by molar-refractivity contribution is -0.138. The lowest BCUT2D eigenvalue weighted by atomic mass is 10.3. The largest absolute Gasteiger partial charge is 0.480 e. The van der Waals surface area contributed by atoms with Gasteiger partial charge in [-0.2, -0.15) is 0 Å². The number of rotatable bonds is 7. The van der Waals surface area contributed by atoms with Gasteiger partial charge in [-0.15, -0.1) is 11.8 Å². The average Bonchev–Trinajstić information content (AvgIpc) is 2.29. The molecule has 4 N–H and O–H groups in total. The van der Waals surface area contributed by atoms with E-state index in [2.05, 4.69) is 5.32 Å². The Morgan fingerprint density at radius 3 is 2.75 bits per heavy atom. The van der Waals surface area contributed by atoms with Crippen LogP contribution in [0.1, 0.15) is 0 Å². The standard InChI is InChI=1S/C11H16N2O2S/c12-10(11(14)15)8-13-6-7-16-9-4-2-1-3-5-9/h1-5,10,13H,6-8,12H2,(H,14,15). The summed E-state index contributed by atoms with van der Waals surface area (Å²) in [4.78, 5) is 11.6. The fraction of sp³-hybridized carbons (Fsp3) is 0.364. The molecule has 0 aromatic heterocycles. The molecule has 0 aliphatic rings. The molecular formula is C11H16N2O2S. The van der Waals surface area contributed by atoms with Gasteiger partial charge >= 0.3 is 5.97 Å². The predicted octanol–water partition coefficient (Wildman–Crippen LogP) is 0.780. The van der Waals surface area contributed by atoms with Crippen molar-refractivity contribution in [2.75, 3.05) is 18.8 Å². The Kier molecular flexibility index (Phi) is 5.92. The zero-order valence-electron chi connectivity index (χ0n) is 8.93. The first kappa shape index (κ1) is 13.0. The van der Waals surface area contributed by atoms with E-state index in [1.165, 1.54) is 4.90 Å². The number of benzene rings is 1. The zero-order valence-corrected chi connectivity index (χ0v) is 9.74. The molecule has 0 aliphatic carbocycles. The molecule has 0 spiro atoms. The smallest absolute Gasteiger partial charge is 0.321 e. The van der Waals surface area contributed by atoms with Crippen LogP contribution in [0.25, 0.3) is 0 Å². The van der Waals surface area contributed by atoms with Crippen LogP contribution in [0.2, 0.25) is 0 Å². The third-order valence-electron chi connectivity index (χ3n) is 1.97. The van der Waals surface area contributed by atoms with Gasteiger partial charge in [-0.3, -0.25) is 4.79 Å². The fourth-order valence-corrected chi connectivity index (χ4v) is 1.93. The quantitative estimate of drug-likeness (QED) is 0.485. The van der Waals surface area contributed by atoms with Crippen molar-refractivity contribution in [2.45, 2.75) is 10.9 Å². The second-order valence-corrected chi connectivity index (χ2v) is 4.48. The number of nitrogens with two attached hydrogens (primary N) is 1. The van der Waals surface area contributed by atoms with Crippen molar-refractivity contribution in [3.05, 3.63) is 30.3 Å².